The van der Waals surface area contributed by atoms with E-state index in [-0.39, 0.29) is 17.4 Å². The standard InChI is InChI=1S/C19H22N2O3S/c20-18(23)12-25-13-19(24)21-16-8-4-5-14(11-16)9-10-17(22)15-6-2-1-3-7-15/h1-8,11,17,22H,9-10,12-13H2,(H2,20,23)(H,21,24)/t17-/m0/s1. The van der Waals surface area contributed by atoms with Gasteiger partial charge in [-0.1, -0.05) is 42.5 Å². The van der Waals surface area contributed by atoms with Gasteiger partial charge in [0, 0.05) is 5.69 Å². The highest BCUT2D eigenvalue weighted by molar-refractivity contribution is 8.00. The van der Waals surface area contributed by atoms with Crippen LogP contribution in [0, 0.1) is 0 Å². The molecule has 0 saturated heterocycles. The second-order valence-corrected chi connectivity index (χ2v) is 6.66. The molecule has 0 aliphatic carbocycles. The normalized spacial score (nSPS) is 11.7. The Labute approximate surface area is 151 Å². The van der Waals surface area contributed by atoms with Crippen LogP contribution in [0.2, 0.25) is 0 Å². The third-order valence-corrected chi connectivity index (χ3v) is 4.53. The largest absolute Gasteiger partial charge is 0.388 e. The number of anilines is 1. The monoisotopic (exact) mass is 358 g/mol. The Morgan fingerprint density at radius 2 is 1.84 bits per heavy atom. The van der Waals surface area contributed by atoms with E-state index in [1.807, 2.05) is 54.6 Å². The lowest BCUT2D eigenvalue weighted by molar-refractivity contribution is -0.115. The van der Waals surface area contributed by atoms with Crippen molar-refractivity contribution in [2.45, 2.75) is 18.9 Å². The Morgan fingerprint density at radius 1 is 1.08 bits per heavy atom. The highest BCUT2D eigenvalue weighted by atomic mass is 32.2. The second-order valence-electron chi connectivity index (χ2n) is 5.67. The molecule has 2 rings (SSSR count). The molecular formula is C19H22N2O3S. The Balaban J connectivity index is 1.84. The van der Waals surface area contributed by atoms with Gasteiger partial charge in [0.05, 0.1) is 17.6 Å². The van der Waals surface area contributed by atoms with Gasteiger partial charge >= 0.3 is 0 Å². The summed E-state index contributed by atoms with van der Waals surface area (Å²) in [4.78, 5) is 22.5. The summed E-state index contributed by atoms with van der Waals surface area (Å²) < 4.78 is 0. The Morgan fingerprint density at radius 3 is 2.56 bits per heavy atom. The number of nitrogens with one attached hydrogen (secondary N) is 1. The minimum Gasteiger partial charge on any atom is -0.388 e. The molecule has 0 spiro atoms. The van der Waals surface area contributed by atoms with E-state index in [9.17, 15) is 14.7 Å². The number of thioether (sulfide) groups is 1. The van der Waals surface area contributed by atoms with Crippen LogP contribution < -0.4 is 11.1 Å². The van der Waals surface area contributed by atoms with Gasteiger partial charge in [0.2, 0.25) is 11.8 Å². The number of aliphatic hydroxyl groups is 1. The molecule has 0 aromatic heterocycles. The van der Waals surface area contributed by atoms with Crippen molar-refractivity contribution in [3.05, 3.63) is 65.7 Å². The topological polar surface area (TPSA) is 92.4 Å². The molecule has 2 aromatic carbocycles. The lowest BCUT2D eigenvalue weighted by Gasteiger charge is -2.12. The van der Waals surface area contributed by atoms with E-state index < -0.39 is 12.0 Å². The zero-order valence-corrected chi connectivity index (χ0v) is 14.7. The third-order valence-electron chi connectivity index (χ3n) is 3.58. The van der Waals surface area contributed by atoms with E-state index in [1.54, 1.807) is 0 Å². The molecule has 4 N–H and O–H groups in total. The summed E-state index contributed by atoms with van der Waals surface area (Å²) in [5.74, 6) is -0.297. The van der Waals surface area contributed by atoms with Crippen LogP contribution in [0.15, 0.2) is 54.6 Å². The first-order valence-corrected chi connectivity index (χ1v) is 9.18. The molecule has 2 aromatic rings. The van der Waals surface area contributed by atoms with Gasteiger partial charge in [0.15, 0.2) is 0 Å². The second kappa shape index (κ2) is 9.86. The van der Waals surface area contributed by atoms with Gasteiger partial charge in [-0.3, -0.25) is 9.59 Å². The van der Waals surface area contributed by atoms with E-state index in [0.29, 0.717) is 18.5 Å². The number of hydrogen-bond donors (Lipinski definition) is 3. The van der Waals surface area contributed by atoms with Gasteiger partial charge in [0.25, 0.3) is 0 Å². The van der Waals surface area contributed by atoms with Gasteiger partial charge < -0.3 is 16.2 Å². The predicted molar refractivity (Wildman–Crippen MR) is 101 cm³/mol. The molecule has 25 heavy (non-hydrogen) atoms. The van der Waals surface area contributed by atoms with Gasteiger partial charge in [-0.25, -0.2) is 0 Å². The molecule has 6 heteroatoms. The van der Waals surface area contributed by atoms with Crippen molar-refractivity contribution < 1.29 is 14.7 Å². The van der Waals surface area contributed by atoms with Crippen LogP contribution in [0.25, 0.3) is 0 Å². The maximum absolute atomic E-state index is 11.8. The zero-order chi connectivity index (χ0) is 18.1. The fraction of sp³-hybridized carbons (Fsp3) is 0.263. The lowest BCUT2D eigenvalue weighted by atomic mass is 10.0. The SMILES string of the molecule is NC(=O)CSCC(=O)Nc1cccc(CC[C@H](O)c2ccccc2)c1. The van der Waals surface area contributed by atoms with Crippen molar-refractivity contribution in [3.63, 3.8) is 0 Å². The number of amides is 2. The number of rotatable bonds is 9. The minimum absolute atomic E-state index is 0.130. The number of aryl methyl sites for hydroxylation is 1. The van der Waals surface area contributed by atoms with E-state index in [0.717, 1.165) is 11.1 Å². The summed E-state index contributed by atoms with van der Waals surface area (Å²) in [5, 5.41) is 13.0. The highest BCUT2D eigenvalue weighted by Crippen LogP contribution is 2.20. The van der Waals surface area contributed by atoms with Gasteiger partial charge in [-0.15, -0.1) is 11.8 Å². The Kier molecular flexibility index (Phi) is 7.50. The molecule has 1 atom stereocenters. The number of nitrogens with two attached hydrogens (primary N) is 1. The van der Waals surface area contributed by atoms with Crippen molar-refractivity contribution in [1.82, 2.24) is 0 Å². The van der Waals surface area contributed by atoms with Crippen LogP contribution in [0.3, 0.4) is 0 Å². The fourth-order valence-electron chi connectivity index (χ4n) is 2.39. The molecule has 0 radical (unpaired) electrons. The van der Waals surface area contributed by atoms with Crippen molar-refractivity contribution in [2.24, 2.45) is 5.73 Å². The van der Waals surface area contributed by atoms with Crippen molar-refractivity contribution >= 4 is 29.3 Å². The molecule has 0 fully saturated rings. The summed E-state index contributed by atoms with van der Waals surface area (Å²) in [7, 11) is 0. The molecule has 5 nitrogen and oxygen atoms in total. The average molecular weight is 358 g/mol. The van der Waals surface area contributed by atoms with Crippen molar-refractivity contribution in [2.75, 3.05) is 16.8 Å². The van der Waals surface area contributed by atoms with Gasteiger partial charge in [0.1, 0.15) is 0 Å². The maximum Gasteiger partial charge on any atom is 0.234 e. The number of aliphatic hydroxyl groups excluding tert-OH is 1. The Hall–Kier alpha value is -2.31. The zero-order valence-electron chi connectivity index (χ0n) is 13.9. The molecule has 0 bridgehead atoms. The predicted octanol–water partition coefficient (Wildman–Crippen LogP) is 2.51. The third kappa shape index (κ3) is 6.99. The van der Waals surface area contributed by atoms with E-state index in [4.69, 9.17) is 5.73 Å². The smallest absolute Gasteiger partial charge is 0.234 e. The number of benzene rings is 2. The summed E-state index contributed by atoms with van der Waals surface area (Å²) in [6.45, 7) is 0. The van der Waals surface area contributed by atoms with Gasteiger partial charge in [-0.2, -0.15) is 0 Å². The summed E-state index contributed by atoms with van der Waals surface area (Å²) in [6, 6.07) is 17.1. The molecule has 0 heterocycles. The number of primary amides is 1. The Bertz CT molecular complexity index is 707. The van der Waals surface area contributed by atoms with Crippen LogP contribution in [-0.2, 0) is 16.0 Å². The highest BCUT2D eigenvalue weighted by Gasteiger charge is 2.08. The summed E-state index contributed by atoms with van der Waals surface area (Å²) in [6.07, 6.45) is 0.802. The fourth-order valence-corrected chi connectivity index (χ4v) is 2.95. The summed E-state index contributed by atoms with van der Waals surface area (Å²) in [5.41, 5.74) is 7.68. The van der Waals surface area contributed by atoms with Crippen molar-refractivity contribution in [3.8, 4) is 0 Å². The average Bonchev–Trinajstić information content (AvgIpc) is 2.60. The first-order valence-electron chi connectivity index (χ1n) is 8.02. The van der Waals surface area contributed by atoms with E-state index in [2.05, 4.69) is 5.32 Å². The molecule has 132 valence electrons. The molecule has 0 aliphatic rings. The quantitative estimate of drug-likeness (QED) is 0.642. The molecule has 0 unspecified atom stereocenters. The van der Waals surface area contributed by atoms with Crippen LogP contribution >= 0.6 is 11.8 Å². The lowest BCUT2D eigenvalue weighted by Crippen LogP contribution is -2.18. The van der Waals surface area contributed by atoms with Crippen LogP contribution in [0.4, 0.5) is 5.69 Å². The first kappa shape index (κ1) is 19.0. The number of hydrogen-bond acceptors (Lipinski definition) is 4. The molecule has 2 amide bonds. The maximum atomic E-state index is 11.8. The summed E-state index contributed by atoms with van der Waals surface area (Å²) >= 11 is 1.19. The van der Waals surface area contributed by atoms with Crippen LogP contribution in [0.5, 0.6) is 0 Å². The number of carbonyl (C=O) groups excluding carboxylic acids is 2. The number of carbonyl (C=O) groups is 2. The first-order chi connectivity index (χ1) is 12.0. The molecular weight excluding hydrogens is 336 g/mol. The molecule has 0 aliphatic heterocycles. The minimum atomic E-state index is -0.510. The van der Waals surface area contributed by atoms with Crippen LogP contribution in [0.1, 0.15) is 23.7 Å². The van der Waals surface area contributed by atoms with Gasteiger partial charge in [-0.05, 0) is 36.1 Å². The van der Waals surface area contributed by atoms with Crippen LogP contribution in [-0.4, -0.2) is 28.4 Å². The van der Waals surface area contributed by atoms with E-state index >= 15 is 0 Å². The molecule has 0 saturated carbocycles. The van der Waals surface area contributed by atoms with E-state index in [1.165, 1.54) is 11.8 Å². The van der Waals surface area contributed by atoms with Crippen molar-refractivity contribution in [1.29, 1.82) is 0 Å².